The quantitative estimate of drug-likeness (QED) is 0.812. The Bertz CT molecular complexity index is 879. The topological polar surface area (TPSA) is 96.9 Å². The number of methoxy groups -OCH3 is 1. The van der Waals surface area contributed by atoms with E-state index in [0.29, 0.717) is 33.2 Å². The van der Waals surface area contributed by atoms with Crippen LogP contribution in [0.1, 0.15) is 6.92 Å². The highest BCUT2D eigenvalue weighted by Gasteiger charge is 2.17. The van der Waals surface area contributed by atoms with Crippen molar-refractivity contribution in [2.45, 2.75) is 13.5 Å². The Labute approximate surface area is 126 Å². The molecule has 2 aliphatic rings. The zero-order valence-corrected chi connectivity index (χ0v) is 12.6. The second-order valence-corrected chi connectivity index (χ2v) is 4.71. The summed E-state index contributed by atoms with van der Waals surface area (Å²) < 4.78 is 6.75. The summed E-state index contributed by atoms with van der Waals surface area (Å²) >= 11 is 0. The Kier molecular flexibility index (Phi) is 4.16. The Balaban J connectivity index is 3.07. The number of aliphatic carboxylic acids is 1. The molecule has 0 aromatic rings. The van der Waals surface area contributed by atoms with E-state index in [1.165, 1.54) is 18.6 Å². The van der Waals surface area contributed by atoms with E-state index in [9.17, 15) is 9.90 Å². The van der Waals surface area contributed by atoms with Crippen LogP contribution in [0.4, 0.5) is 0 Å². The third-order valence-corrected chi connectivity index (χ3v) is 3.30. The molecule has 0 fully saturated rings. The Morgan fingerprint density at radius 2 is 2.14 bits per heavy atom. The number of nitrogens with zero attached hydrogens (tertiary/aromatic N) is 3. The van der Waals surface area contributed by atoms with Gasteiger partial charge in [-0.15, -0.1) is 0 Å². The van der Waals surface area contributed by atoms with Crippen molar-refractivity contribution in [2.24, 2.45) is 4.99 Å². The molecule has 0 spiro atoms. The van der Waals surface area contributed by atoms with Crippen LogP contribution in [0.3, 0.4) is 0 Å². The summed E-state index contributed by atoms with van der Waals surface area (Å²) in [7, 11) is 3.09. The number of aromatic nitrogens is 2. The fraction of sp³-hybridized carbons (Fsp3) is 0.267. The summed E-state index contributed by atoms with van der Waals surface area (Å²) in [6.07, 6.45) is 0. The van der Waals surface area contributed by atoms with Gasteiger partial charge in [-0.05, 0) is 13.0 Å². The summed E-state index contributed by atoms with van der Waals surface area (Å²) in [6, 6.07) is 3.32. The minimum absolute atomic E-state index is 0.0392. The van der Waals surface area contributed by atoms with Crippen molar-refractivity contribution in [1.82, 2.24) is 9.55 Å². The molecule has 7 nitrogen and oxygen atoms in total. The molecule has 2 heterocycles. The van der Waals surface area contributed by atoms with Gasteiger partial charge >= 0.3 is 5.97 Å². The first-order valence-corrected chi connectivity index (χ1v) is 6.51. The van der Waals surface area contributed by atoms with Gasteiger partial charge in [0.15, 0.2) is 5.49 Å². The summed E-state index contributed by atoms with van der Waals surface area (Å²) in [6.45, 7) is 5.04. The van der Waals surface area contributed by atoms with Crippen molar-refractivity contribution < 1.29 is 19.7 Å². The lowest BCUT2D eigenvalue weighted by Crippen LogP contribution is -2.39. The van der Waals surface area contributed by atoms with E-state index in [2.05, 4.69) is 16.6 Å². The molecule has 0 bridgehead atoms. The van der Waals surface area contributed by atoms with Crippen LogP contribution in [0.5, 0.6) is 5.75 Å². The molecule has 22 heavy (non-hydrogen) atoms. The van der Waals surface area contributed by atoms with Crippen LogP contribution in [-0.2, 0) is 11.3 Å². The highest BCUT2D eigenvalue weighted by Crippen LogP contribution is 2.25. The summed E-state index contributed by atoms with van der Waals surface area (Å²) in [5.74, 6) is -0.120. The lowest BCUT2D eigenvalue weighted by molar-refractivity contribution is -0.137. The lowest BCUT2D eigenvalue weighted by Gasteiger charge is -2.17. The van der Waals surface area contributed by atoms with Crippen LogP contribution >= 0.6 is 0 Å². The van der Waals surface area contributed by atoms with Crippen molar-refractivity contribution >= 4 is 18.3 Å². The van der Waals surface area contributed by atoms with Crippen molar-refractivity contribution in [3.8, 4) is 17.1 Å². The number of ether oxygens (including phenoxy) is 1. The standard InChI is InChI=1S/C15H17N3O4/c1-8-10(9(2)19)5-11-12(22-4)6-13(16-3)17-15(11)18(8)7-14(20)21/h5-6,19H,1,7H2,2-4H3,(H,20,21). The highest BCUT2D eigenvalue weighted by atomic mass is 16.5. The van der Waals surface area contributed by atoms with Gasteiger partial charge in [-0.1, -0.05) is 6.58 Å². The summed E-state index contributed by atoms with van der Waals surface area (Å²) in [5.41, 5.74) is 0.993. The van der Waals surface area contributed by atoms with Gasteiger partial charge in [0.05, 0.1) is 18.4 Å². The minimum atomic E-state index is -1.04. The fourth-order valence-electron chi connectivity index (χ4n) is 2.25. The van der Waals surface area contributed by atoms with Crippen molar-refractivity contribution in [3.63, 3.8) is 0 Å². The van der Waals surface area contributed by atoms with E-state index >= 15 is 0 Å². The highest BCUT2D eigenvalue weighted by molar-refractivity contribution is 5.71. The first kappa shape index (κ1) is 15.6. The monoisotopic (exact) mass is 303 g/mol. The molecule has 0 radical (unpaired) electrons. The molecule has 2 N–H and O–H groups in total. The maximum absolute atomic E-state index is 11.2. The van der Waals surface area contributed by atoms with Gasteiger partial charge in [-0.25, -0.2) is 4.98 Å². The molecule has 0 aromatic carbocycles. The molecule has 0 atom stereocenters. The van der Waals surface area contributed by atoms with Gasteiger partial charge in [0.25, 0.3) is 0 Å². The molecule has 0 saturated heterocycles. The number of carbonyl (C=O) groups is 1. The lowest BCUT2D eigenvalue weighted by atomic mass is 10.1. The SMILES string of the molecule is C=c1c(=C(C)O)cc2c(OC)cc(=NC)nc-2n1CC(=O)O. The molecule has 0 saturated carbocycles. The molecule has 7 heteroatoms. The maximum atomic E-state index is 11.2. The predicted octanol–water partition coefficient (Wildman–Crippen LogP) is -0.292. The average molecular weight is 303 g/mol. The van der Waals surface area contributed by atoms with E-state index in [-0.39, 0.29) is 12.3 Å². The van der Waals surface area contributed by atoms with Crippen molar-refractivity contribution in [2.75, 3.05) is 14.2 Å². The van der Waals surface area contributed by atoms with Crippen LogP contribution in [0.15, 0.2) is 17.1 Å². The average Bonchev–Trinajstić information content (AvgIpc) is 2.47. The van der Waals surface area contributed by atoms with Gasteiger partial charge in [-0.3, -0.25) is 9.79 Å². The van der Waals surface area contributed by atoms with Gasteiger partial charge in [0, 0.05) is 23.7 Å². The summed E-state index contributed by atoms with van der Waals surface area (Å²) in [5, 5.41) is 19.8. The maximum Gasteiger partial charge on any atom is 0.323 e. The Hall–Kier alpha value is -2.83. The molecule has 0 aromatic heterocycles. The van der Waals surface area contributed by atoms with Gasteiger partial charge in [-0.2, -0.15) is 0 Å². The van der Waals surface area contributed by atoms with Crippen molar-refractivity contribution in [1.29, 1.82) is 0 Å². The second-order valence-electron chi connectivity index (χ2n) is 4.71. The molecule has 116 valence electrons. The number of aliphatic hydroxyl groups excluding tert-OH is 1. The number of hydrogen-bond acceptors (Lipinski definition) is 5. The third-order valence-electron chi connectivity index (χ3n) is 3.30. The molecule has 0 aliphatic carbocycles. The number of rotatable bonds is 3. The molecular weight excluding hydrogens is 286 g/mol. The number of carboxylic acid groups (broad SMARTS) is 1. The zero-order valence-electron chi connectivity index (χ0n) is 12.6. The van der Waals surface area contributed by atoms with Crippen LogP contribution < -0.4 is 20.8 Å². The third kappa shape index (κ3) is 2.65. The fourth-order valence-corrected chi connectivity index (χ4v) is 2.25. The van der Waals surface area contributed by atoms with Crippen LogP contribution in [0.2, 0.25) is 0 Å². The Morgan fingerprint density at radius 3 is 2.64 bits per heavy atom. The number of aliphatic hydroxyl groups is 1. The molecule has 2 rings (SSSR count). The number of pyridine rings is 2. The van der Waals surface area contributed by atoms with E-state index in [0.717, 1.165) is 0 Å². The molecule has 2 aliphatic heterocycles. The second kappa shape index (κ2) is 5.88. The van der Waals surface area contributed by atoms with E-state index in [4.69, 9.17) is 9.84 Å². The molecular formula is C15H17N3O4. The predicted molar refractivity (Wildman–Crippen MR) is 81.0 cm³/mol. The van der Waals surface area contributed by atoms with Gasteiger partial charge in [0.1, 0.15) is 18.1 Å². The zero-order chi connectivity index (χ0) is 16.4. The van der Waals surface area contributed by atoms with Crippen molar-refractivity contribution in [3.05, 3.63) is 28.2 Å². The van der Waals surface area contributed by atoms with Gasteiger partial charge < -0.3 is 19.5 Å². The molecule has 0 unspecified atom stereocenters. The Morgan fingerprint density at radius 1 is 1.45 bits per heavy atom. The number of hydrogen-bond donors (Lipinski definition) is 2. The van der Waals surface area contributed by atoms with Gasteiger partial charge in [0.2, 0.25) is 0 Å². The van der Waals surface area contributed by atoms with Crippen LogP contribution in [-0.4, -0.2) is 39.9 Å². The largest absolute Gasteiger partial charge is 0.512 e. The first-order valence-electron chi connectivity index (χ1n) is 6.51. The first-order chi connectivity index (χ1) is 10.4. The van der Waals surface area contributed by atoms with Crippen LogP contribution in [0.25, 0.3) is 23.7 Å². The summed E-state index contributed by atoms with van der Waals surface area (Å²) in [4.78, 5) is 19.5. The number of carboxylic acids is 1. The number of fused-ring (bicyclic) bond motifs is 1. The van der Waals surface area contributed by atoms with E-state index in [1.807, 2.05) is 0 Å². The van der Waals surface area contributed by atoms with Crippen LogP contribution in [0, 0.1) is 0 Å². The normalized spacial score (nSPS) is 13.3. The van der Waals surface area contributed by atoms with E-state index in [1.54, 1.807) is 19.2 Å². The van der Waals surface area contributed by atoms with E-state index < -0.39 is 5.97 Å². The smallest absolute Gasteiger partial charge is 0.323 e. The minimum Gasteiger partial charge on any atom is -0.512 e. The molecule has 0 amide bonds.